The van der Waals surface area contributed by atoms with Gasteiger partial charge in [0.1, 0.15) is 5.82 Å². The summed E-state index contributed by atoms with van der Waals surface area (Å²) in [5, 5.41) is 12.0. The van der Waals surface area contributed by atoms with E-state index < -0.39 is 37.3 Å². The Bertz CT molecular complexity index is 928. The average molecular weight is 389 g/mol. The zero-order valence-corrected chi connectivity index (χ0v) is 14.6. The predicted molar refractivity (Wildman–Crippen MR) is 86.7 cm³/mol. The van der Waals surface area contributed by atoms with Crippen LogP contribution in [0.15, 0.2) is 28.5 Å². The van der Waals surface area contributed by atoms with Gasteiger partial charge in [-0.3, -0.25) is 10.1 Å². The van der Waals surface area contributed by atoms with Crippen LogP contribution < -0.4 is 4.31 Å². The number of nitro groups is 1. The van der Waals surface area contributed by atoms with Crippen molar-refractivity contribution in [2.24, 2.45) is 0 Å². The number of anilines is 1. The third-order valence-corrected chi connectivity index (χ3v) is 5.73. The molecule has 25 heavy (non-hydrogen) atoms. The minimum absolute atomic E-state index is 0.0741. The van der Waals surface area contributed by atoms with E-state index in [4.69, 9.17) is 4.74 Å². The van der Waals surface area contributed by atoms with Crippen LogP contribution in [0.2, 0.25) is 0 Å². The Kier molecular flexibility index (Phi) is 5.33. The van der Waals surface area contributed by atoms with Crippen LogP contribution in [0.4, 0.5) is 15.2 Å². The molecular weight excluding hydrogens is 377 g/mol. The molecule has 1 aromatic carbocycles. The number of hydrogen-bond donors (Lipinski definition) is 0. The summed E-state index contributed by atoms with van der Waals surface area (Å²) < 4.78 is 44.1. The molecule has 0 unspecified atom stereocenters. The molecule has 0 atom stereocenters. The Labute approximate surface area is 145 Å². The van der Waals surface area contributed by atoms with Crippen molar-refractivity contribution < 1.29 is 27.3 Å². The molecule has 2 rings (SSSR count). The smallest absolute Gasteiger partial charge is 0.357 e. The van der Waals surface area contributed by atoms with Crippen LogP contribution in [0.5, 0.6) is 0 Å². The molecular formula is C13H12FN3O6S2. The molecule has 0 amide bonds. The van der Waals surface area contributed by atoms with Crippen molar-refractivity contribution in [1.82, 2.24) is 4.98 Å². The molecule has 0 N–H and O–H groups in total. The highest BCUT2D eigenvalue weighted by molar-refractivity contribution is 7.93. The molecule has 134 valence electrons. The summed E-state index contributed by atoms with van der Waals surface area (Å²) in [6, 6.07) is 2.02. The molecule has 0 bridgehead atoms. The van der Waals surface area contributed by atoms with Gasteiger partial charge in [-0.05, 0) is 13.0 Å². The first-order chi connectivity index (χ1) is 11.7. The van der Waals surface area contributed by atoms with Gasteiger partial charge in [0.05, 0.1) is 22.5 Å². The van der Waals surface area contributed by atoms with E-state index in [1.807, 2.05) is 0 Å². The standard InChI is InChI=1S/C13H12FN3O6S2/c1-3-23-12(18)11-7-24-13(15-11)16(2)25(21,22)10-5-8(14)4-9(6-10)17(19)20/h4-7H,3H2,1-2H3. The van der Waals surface area contributed by atoms with Gasteiger partial charge in [0, 0.05) is 18.5 Å². The van der Waals surface area contributed by atoms with Gasteiger partial charge >= 0.3 is 5.97 Å². The monoisotopic (exact) mass is 389 g/mol. The van der Waals surface area contributed by atoms with Crippen molar-refractivity contribution in [3.63, 3.8) is 0 Å². The average Bonchev–Trinajstić information content (AvgIpc) is 3.03. The first-order valence-electron chi connectivity index (χ1n) is 6.73. The molecule has 1 heterocycles. The summed E-state index contributed by atoms with van der Waals surface area (Å²) in [7, 11) is -3.17. The molecule has 9 nitrogen and oxygen atoms in total. The fourth-order valence-corrected chi connectivity index (χ4v) is 3.95. The van der Waals surface area contributed by atoms with Gasteiger partial charge < -0.3 is 4.74 Å². The lowest BCUT2D eigenvalue weighted by molar-refractivity contribution is -0.385. The van der Waals surface area contributed by atoms with E-state index in [1.54, 1.807) is 6.92 Å². The lowest BCUT2D eigenvalue weighted by Crippen LogP contribution is -2.26. The highest BCUT2D eigenvalue weighted by Gasteiger charge is 2.27. The zero-order chi connectivity index (χ0) is 18.8. The van der Waals surface area contributed by atoms with E-state index in [1.165, 1.54) is 5.38 Å². The quantitative estimate of drug-likeness (QED) is 0.422. The van der Waals surface area contributed by atoms with Crippen molar-refractivity contribution in [3.8, 4) is 0 Å². The van der Waals surface area contributed by atoms with E-state index in [0.717, 1.165) is 24.5 Å². The Morgan fingerprint density at radius 1 is 1.44 bits per heavy atom. The van der Waals surface area contributed by atoms with Crippen LogP contribution in [-0.4, -0.2) is 37.9 Å². The van der Waals surface area contributed by atoms with Gasteiger partial charge in [0.15, 0.2) is 10.8 Å². The van der Waals surface area contributed by atoms with Gasteiger partial charge in [0.2, 0.25) is 0 Å². The Morgan fingerprint density at radius 3 is 2.72 bits per heavy atom. The number of benzene rings is 1. The molecule has 0 saturated carbocycles. The number of thiazole rings is 1. The van der Waals surface area contributed by atoms with Gasteiger partial charge in [-0.25, -0.2) is 26.9 Å². The lowest BCUT2D eigenvalue weighted by Gasteiger charge is -2.16. The first kappa shape index (κ1) is 18.7. The lowest BCUT2D eigenvalue weighted by atomic mass is 10.3. The number of rotatable bonds is 6. The number of ether oxygens (including phenoxy) is 1. The number of sulfonamides is 1. The summed E-state index contributed by atoms with van der Waals surface area (Å²) in [6.45, 7) is 1.74. The topological polar surface area (TPSA) is 120 Å². The molecule has 0 aliphatic heterocycles. The van der Waals surface area contributed by atoms with E-state index in [9.17, 15) is 27.7 Å². The minimum Gasteiger partial charge on any atom is -0.461 e. The van der Waals surface area contributed by atoms with Crippen molar-refractivity contribution in [1.29, 1.82) is 0 Å². The van der Waals surface area contributed by atoms with Crippen molar-refractivity contribution in [2.45, 2.75) is 11.8 Å². The molecule has 1 aromatic heterocycles. The maximum absolute atomic E-state index is 13.5. The molecule has 0 aliphatic rings. The summed E-state index contributed by atoms with van der Waals surface area (Å²) in [5.74, 6) is -1.77. The number of halogens is 1. The number of non-ortho nitro benzene ring substituents is 1. The highest BCUT2D eigenvalue weighted by atomic mass is 32.2. The van der Waals surface area contributed by atoms with Crippen LogP contribution in [0.1, 0.15) is 17.4 Å². The Balaban J connectivity index is 2.40. The second kappa shape index (κ2) is 7.11. The van der Waals surface area contributed by atoms with Gasteiger partial charge in [-0.2, -0.15) is 0 Å². The van der Waals surface area contributed by atoms with E-state index in [0.29, 0.717) is 16.4 Å². The molecule has 0 aliphatic carbocycles. The molecule has 0 fully saturated rings. The van der Waals surface area contributed by atoms with Crippen molar-refractivity contribution in [2.75, 3.05) is 18.0 Å². The highest BCUT2D eigenvalue weighted by Crippen LogP contribution is 2.28. The van der Waals surface area contributed by atoms with Gasteiger partial charge in [0.25, 0.3) is 15.7 Å². The summed E-state index contributed by atoms with van der Waals surface area (Å²) >= 11 is 0.855. The van der Waals surface area contributed by atoms with E-state index in [-0.39, 0.29) is 17.4 Å². The Morgan fingerprint density at radius 2 is 2.12 bits per heavy atom. The maximum atomic E-state index is 13.5. The molecule has 0 spiro atoms. The number of hydrogen-bond acceptors (Lipinski definition) is 8. The predicted octanol–water partition coefficient (Wildman–Crippen LogP) is 2.19. The largest absolute Gasteiger partial charge is 0.461 e. The third-order valence-electron chi connectivity index (χ3n) is 2.97. The SMILES string of the molecule is CCOC(=O)c1csc(N(C)S(=O)(=O)c2cc(F)cc([N+](=O)[O-])c2)n1. The summed E-state index contributed by atoms with van der Waals surface area (Å²) in [4.78, 5) is 24.7. The first-order valence-corrected chi connectivity index (χ1v) is 9.05. The molecule has 0 saturated heterocycles. The Hall–Kier alpha value is -2.60. The summed E-state index contributed by atoms with van der Waals surface area (Å²) in [6.07, 6.45) is 0. The van der Waals surface area contributed by atoms with Crippen molar-refractivity contribution in [3.05, 3.63) is 45.2 Å². The normalized spacial score (nSPS) is 11.2. The van der Waals surface area contributed by atoms with Gasteiger partial charge in [-0.15, -0.1) is 11.3 Å². The third kappa shape index (κ3) is 3.91. The minimum atomic E-state index is -4.31. The number of aromatic nitrogens is 1. The second-order valence-electron chi connectivity index (χ2n) is 4.61. The fraction of sp³-hybridized carbons (Fsp3) is 0.231. The van der Waals surface area contributed by atoms with E-state index >= 15 is 0 Å². The number of carbonyl (C=O) groups is 1. The second-order valence-corrected chi connectivity index (χ2v) is 7.42. The van der Waals surface area contributed by atoms with Crippen LogP contribution >= 0.6 is 11.3 Å². The fourth-order valence-electron chi connectivity index (χ4n) is 1.77. The number of nitro benzene ring substituents is 1. The summed E-state index contributed by atoms with van der Waals surface area (Å²) in [5.41, 5.74) is -0.771. The van der Waals surface area contributed by atoms with Crippen LogP contribution in [0.3, 0.4) is 0 Å². The van der Waals surface area contributed by atoms with Crippen LogP contribution in [0, 0.1) is 15.9 Å². The zero-order valence-electron chi connectivity index (χ0n) is 13.0. The van der Waals surface area contributed by atoms with Crippen LogP contribution in [-0.2, 0) is 14.8 Å². The molecule has 12 heteroatoms. The molecule has 2 aromatic rings. The molecule has 0 radical (unpaired) electrons. The number of nitrogens with zero attached hydrogens (tertiary/aromatic N) is 3. The van der Waals surface area contributed by atoms with Gasteiger partial charge in [-0.1, -0.05) is 0 Å². The van der Waals surface area contributed by atoms with Crippen molar-refractivity contribution >= 4 is 38.1 Å². The van der Waals surface area contributed by atoms with Crippen LogP contribution in [0.25, 0.3) is 0 Å². The number of esters is 1. The van der Waals surface area contributed by atoms with E-state index in [2.05, 4.69) is 4.98 Å². The number of carbonyl (C=O) groups excluding carboxylic acids is 1. The maximum Gasteiger partial charge on any atom is 0.357 e.